The van der Waals surface area contributed by atoms with E-state index in [0.717, 1.165) is 11.1 Å². The first-order valence-corrected chi connectivity index (χ1v) is 10.2. The highest BCUT2D eigenvalue weighted by molar-refractivity contribution is 5.94. The van der Waals surface area contributed by atoms with Crippen LogP contribution in [0.25, 0.3) is 0 Å². The van der Waals surface area contributed by atoms with Crippen molar-refractivity contribution in [1.82, 2.24) is 10.6 Å². The molecule has 2 atom stereocenters. The maximum atomic E-state index is 13.0. The summed E-state index contributed by atoms with van der Waals surface area (Å²) in [5.41, 5.74) is 2.56. The van der Waals surface area contributed by atoms with Gasteiger partial charge in [-0.15, -0.1) is 0 Å². The van der Waals surface area contributed by atoms with Gasteiger partial charge < -0.3 is 20.7 Å². The molecule has 0 aliphatic rings. The molecule has 3 N–H and O–H groups in total. The first-order chi connectivity index (χ1) is 15.0. The van der Waals surface area contributed by atoms with E-state index >= 15 is 0 Å². The summed E-state index contributed by atoms with van der Waals surface area (Å²) in [6.45, 7) is 1.92. The van der Waals surface area contributed by atoms with Gasteiger partial charge in [-0.1, -0.05) is 60.7 Å². The van der Waals surface area contributed by atoms with E-state index in [1.807, 2.05) is 67.6 Å². The average molecular weight is 418 g/mol. The van der Waals surface area contributed by atoms with Crippen LogP contribution >= 0.6 is 0 Å². The van der Waals surface area contributed by atoms with Crippen molar-refractivity contribution >= 4 is 17.6 Å². The fourth-order valence-electron chi connectivity index (χ4n) is 3.20. The Hall–Kier alpha value is -3.80. The second kappa shape index (κ2) is 10.8. The van der Waals surface area contributed by atoms with E-state index in [2.05, 4.69) is 16.0 Å². The number of amides is 3. The third-order valence-corrected chi connectivity index (χ3v) is 4.91. The van der Waals surface area contributed by atoms with Crippen LogP contribution in [0.4, 0.5) is 10.5 Å². The van der Waals surface area contributed by atoms with E-state index in [9.17, 15) is 9.59 Å². The van der Waals surface area contributed by atoms with Crippen molar-refractivity contribution in [2.24, 2.45) is 0 Å². The molecular weight excluding hydrogens is 390 g/mol. The van der Waals surface area contributed by atoms with Gasteiger partial charge >= 0.3 is 6.03 Å². The molecular formula is C25H27N3O3. The van der Waals surface area contributed by atoms with Gasteiger partial charge in [0, 0.05) is 12.1 Å². The van der Waals surface area contributed by atoms with Crippen LogP contribution in [0.2, 0.25) is 0 Å². The number of urea groups is 1. The molecule has 0 heterocycles. The summed E-state index contributed by atoms with van der Waals surface area (Å²) in [7, 11) is 1.58. The predicted molar refractivity (Wildman–Crippen MR) is 122 cm³/mol. The van der Waals surface area contributed by atoms with Gasteiger partial charge in [-0.2, -0.15) is 0 Å². The summed E-state index contributed by atoms with van der Waals surface area (Å²) in [5, 5.41) is 8.57. The maximum absolute atomic E-state index is 13.0. The number of hydrogen-bond donors (Lipinski definition) is 3. The molecule has 6 heteroatoms. The predicted octanol–water partition coefficient (Wildman–Crippen LogP) is 4.31. The van der Waals surface area contributed by atoms with Crippen molar-refractivity contribution in [3.05, 3.63) is 96.1 Å². The average Bonchev–Trinajstić information content (AvgIpc) is 2.80. The number of nitrogens with one attached hydrogen (secondary N) is 3. The van der Waals surface area contributed by atoms with E-state index < -0.39 is 12.1 Å². The molecule has 0 radical (unpaired) electrons. The summed E-state index contributed by atoms with van der Waals surface area (Å²) in [6, 6.07) is 24.9. The first kappa shape index (κ1) is 21.9. The van der Waals surface area contributed by atoms with Crippen LogP contribution in [-0.4, -0.2) is 25.1 Å². The Morgan fingerprint density at radius 2 is 1.45 bits per heavy atom. The van der Waals surface area contributed by atoms with Gasteiger partial charge in [-0.3, -0.25) is 4.79 Å². The van der Waals surface area contributed by atoms with Gasteiger partial charge in [0.2, 0.25) is 5.91 Å². The lowest BCUT2D eigenvalue weighted by atomic mass is 10.0. The minimum atomic E-state index is -0.730. The molecule has 0 aliphatic carbocycles. The van der Waals surface area contributed by atoms with Gasteiger partial charge in [0.25, 0.3) is 0 Å². The van der Waals surface area contributed by atoms with E-state index in [0.29, 0.717) is 17.9 Å². The maximum Gasteiger partial charge on any atom is 0.319 e. The van der Waals surface area contributed by atoms with Crippen molar-refractivity contribution in [2.45, 2.75) is 25.4 Å². The Balaban J connectivity index is 1.69. The van der Waals surface area contributed by atoms with E-state index in [1.165, 1.54) is 0 Å². The van der Waals surface area contributed by atoms with Crippen molar-refractivity contribution in [2.75, 3.05) is 12.4 Å². The van der Waals surface area contributed by atoms with E-state index in [1.54, 1.807) is 31.4 Å². The van der Waals surface area contributed by atoms with Gasteiger partial charge in [0.1, 0.15) is 11.8 Å². The molecule has 6 nitrogen and oxygen atoms in total. The van der Waals surface area contributed by atoms with Crippen LogP contribution in [0.1, 0.15) is 24.1 Å². The summed E-state index contributed by atoms with van der Waals surface area (Å²) < 4.78 is 5.13. The molecule has 3 aromatic rings. The molecule has 0 fully saturated rings. The quantitative estimate of drug-likeness (QED) is 0.511. The second-order valence-corrected chi connectivity index (χ2v) is 7.21. The normalized spacial score (nSPS) is 12.3. The van der Waals surface area contributed by atoms with E-state index in [-0.39, 0.29) is 11.9 Å². The summed E-state index contributed by atoms with van der Waals surface area (Å²) in [5.74, 6) is 0.451. The summed E-state index contributed by atoms with van der Waals surface area (Å²) >= 11 is 0. The van der Waals surface area contributed by atoms with Crippen LogP contribution in [0.15, 0.2) is 84.9 Å². The Bertz CT molecular complexity index is 976. The molecule has 3 amide bonds. The van der Waals surface area contributed by atoms with Crippen LogP contribution in [-0.2, 0) is 11.2 Å². The highest BCUT2D eigenvalue weighted by atomic mass is 16.5. The Morgan fingerprint density at radius 1 is 0.839 bits per heavy atom. The molecule has 31 heavy (non-hydrogen) atoms. The molecule has 3 aromatic carbocycles. The van der Waals surface area contributed by atoms with Crippen molar-refractivity contribution in [3.63, 3.8) is 0 Å². The monoisotopic (exact) mass is 417 g/mol. The van der Waals surface area contributed by atoms with Crippen molar-refractivity contribution in [1.29, 1.82) is 0 Å². The van der Waals surface area contributed by atoms with E-state index in [4.69, 9.17) is 4.74 Å². The zero-order valence-corrected chi connectivity index (χ0v) is 17.7. The van der Waals surface area contributed by atoms with Gasteiger partial charge in [-0.05, 0) is 42.3 Å². The Labute approximate surface area is 182 Å². The largest absolute Gasteiger partial charge is 0.497 e. The highest BCUT2D eigenvalue weighted by Crippen LogP contribution is 2.15. The molecule has 0 bridgehead atoms. The molecule has 160 valence electrons. The van der Waals surface area contributed by atoms with Crippen LogP contribution in [0.3, 0.4) is 0 Å². The fraction of sp³-hybridized carbons (Fsp3) is 0.200. The second-order valence-electron chi connectivity index (χ2n) is 7.21. The first-order valence-electron chi connectivity index (χ1n) is 10.2. The van der Waals surface area contributed by atoms with Gasteiger partial charge in [0.15, 0.2) is 0 Å². The number of ether oxygens (including phenoxy) is 1. The van der Waals surface area contributed by atoms with Crippen LogP contribution in [0, 0.1) is 0 Å². The molecule has 0 saturated heterocycles. The summed E-state index contributed by atoms with van der Waals surface area (Å²) in [4.78, 5) is 25.6. The summed E-state index contributed by atoms with van der Waals surface area (Å²) in [6.07, 6.45) is 0.379. The topological polar surface area (TPSA) is 79.5 Å². The minimum absolute atomic E-state index is 0.182. The Kier molecular flexibility index (Phi) is 7.65. The number of carbonyl (C=O) groups is 2. The smallest absolute Gasteiger partial charge is 0.319 e. The highest BCUT2D eigenvalue weighted by Gasteiger charge is 2.23. The number of rotatable bonds is 8. The fourth-order valence-corrected chi connectivity index (χ4v) is 3.20. The molecule has 0 saturated carbocycles. The molecule has 2 unspecified atom stereocenters. The van der Waals surface area contributed by atoms with Crippen LogP contribution < -0.4 is 20.7 Å². The van der Waals surface area contributed by atoms with Gasteiger partial charge in [-0.25, -0.2) is 4.79 Å². The molecule has 3 rings (SSSR count). The number of carbonyl (C=O) groups excluding carboxylic acids is 2. The SMILES string of the molecule is COc1ccc(NC(=O)NC(Cc2ccccc2)C(=O)NC(C)c2ccccc2)cc1. The van der Waals surface area contributed by atoms with Gasteiger partial charge in [0.05, 0.1) is 13.2 Å². The van der Waals surface area contributed by atoms with Crippen LogP contribution in [0.5, 0.6) is 5.75 Å². The minimum Gasteiger partial charge on any atom is -0.497 e. The van der Waals surface area contributed by atoms with Crippen molar-refractivity contribution in [3.8, 4) is 5.75 Å². The number of hydrogen-bond acceptors (Lipinski definition) is 3. The lowest BCUT2D eigenvalue weighted by molar-refractivity contribution is -0.123. The number of methoxy groups -OCH3 is 1. The molecule has 0 spiro atoms. The molecule has 0 aliphatic heterocycles. The third-order valence-electron chi connectivity index (χ3n) is 4.91. The number of anilines is 1. The van der Waals surface area contributed by atoms with Crippen molar-refractivity contribution < 1.29 is 14.3 Å². The standard InChI is InChI=1S/C25H27N3O3/c1-18(20-11-7-4-8-12-20)26-24(29)23(17-19-9-5-3-6-10-19)28-25(30)27-21-13-15-22(31-2)16-14-21/h3-16,18,23H,17H2,1-2H3,(H,26,29)(H2,27,28,30). The zero-order valence-electron chi connectivity index (χ0n) is 17.7. The zero-order chi connectivity index (χ0) is 22.1. The number of benzene rings is 3. The molecule has 0 aromatic heterocycles. The lowest BCUT2D eigenvalue weighted by Gasteiger charge is -2.22. The Morgan fingerprint density at radius 3 is 2.06 bits per heavy atom. The third kappa shape index (κ3) is 6.60. The lowest BCUT2D eigenvalue weighted by Crippen LogP contribution is -2.49.